The number of aromatic carboxylic acids is 1. The zero-order valence-corrected chi connectivity index (χ0v) is 21.3. The quantitative estimate of drug-likeness (QED) is 0.548. The molecule has 9 nitrogen and oxygen atoms in total. The first-order valence-corrected chi connectivity index (χ1v) is 12.8. The van der Waals surface area contributed by atoms with E-state index in [4.69, 9.17) is 4.74 Å². The predicted molar refractivity (Wildman–Crippen MR) is 140 cm³/mol. The maximum absolute atomic E-state index is 12.7. The molecule has 0 saturated carbocycles. The minimum absolute atomic E-state index is 0.106. The second-order valence-electron chi connectivity index (χ2n) is 9.68. The highest BCUT2D eigenvalue weighted by atomic mass is 16.5. The van der Waals surface area contributed by atoms with Crippen LogP contribution in [0.4, 0.5) is 11.5 Å². The monoisotopic (exact) mass is 495 g/mol. The van der Waals surface area contributed by atoms with Gasteiger partial charge in [-0.2, -0.15) is 0 Å². The van der Waals surface area contributed by atoms with Crippen molar-refractivity contribution in [3.05, 3.63) is 53.2 Å². The Kier molecular flexibility index (Phi) is 8.90. The summed E-state index contributed by atoms with van der Waals surface area (Å²) < 4.78 is 5.42. The summed E-state index contributed by atoms with van der Waals surface area (Å²) in [4.78, 5) is 36.1. The van der Waals surface area contributed by atoms with Gasteiger partial charge in [0.05, 0.1) is 25.1 Å². The van der Waals surface area contributed by atoms with Crippen molar-refractivity contribution in [2.45, 2.75) is 32.2 Å². The van der Waals surface area contributed by atoms with Gasteiger partial charge in [-0.15, -0.1) is 0 Å². The van der Waals surface area contributed by atoms with Crippen LogP contribution in [-0.2, 0) is 4.74 Å². The number of morpholine rings is 1. The molecule has 1 aromatic heterocycles. The SMILES string of the molecule is Cc1ccccc1C(=O)Nc1cnc(N2CCC(N(C)CCCN3CCOCC3)CC2)c(C(=O)O)c1. The second-order valence-corrected chi connectivity index (χ2v) is 9.68. The molecule has 1 aromatic carbocycles. The number of carboxylic acid groups (broad SMARTS) is 1. The molecule has 0 aliphatic carbocycles. The molecule has 2 saturated heterocycles. The van der Waals surface area contributed by atoms with Crippen LogP contribution in [0, 0.1) is 6.92 Å². The average molecular weight is 496 g/mol. The molecule has 2 aliphatic heterocycles. The van der Waals surface area contributed by atoms with E-state index in [0.717, 1.165) is 77.3 Å². The van der Waals surface area contributed by atoms with Gasteiger partial charge in [-0.25, -0.2) is 9.78 Å². The summed E-state index contributed by atoms with van der Waals surface area (Å²) in [5.74, 6) is -0.867. The number of aryl methyl sites for hydroxylation is 1. The first kappa shape index (κ1) is 26.1. The van der Waals surface area contributed by atoms with Crippen molar-refractivity contribution in [2.24, 2.45) is 0 Å². The Morgan fingerprint density at radius 3 is 2.56 bits per heavy atom. The lowest BCUT2D eigenvalue weighted by molar-refractivity contribution is 0.0357. The van der Waals surface area contributed by atoms with Crippen molar-refractivity contribution in [3.8, 4) is 0 Å². The van der Waals surface area contributed by atoms with E-state index >= 15 is 0 Å². The molecule has 194 valence electrons. The standard InChI is InChI=1S/C27H37N5O4/c1-20-6-3-4-7-23(20)26(33)29-21-18-24(27(34)35)25(28-19-21)32-12-8-22(9-13-32)30(2)10-5-11-31-14-16-36-17-15-31/h3-4,6-7,18-19,22H,5,8-17H2,1-2H3,(H,29,33)(H,34,35). The van der Waals surface area contributed by atoms with Crippen LogP contribution in [0.1, 0.15) is 45.5 Å². The van der Waals surface area contributed by atoms with Gasteiger partial charge in [0.1, 0.15) is 11.4 Å². The van der Waals surface area contributed by atoms with Crippen LogP contribution in [0.15, 0.2) is 36.5 Å². The topological polar surface area (TPSA) is 98.2 Å². The van der Waals surface area contributed by atoms with Crippen LogP contribution in [0.3, 0.4) is 0 Å². The molecule has 1 amide bonds. The van der Waals surface area contributed by atoms with Gasteiger partial charge in [-0.3, -0.25) is 9.69 Å². The maximum atomic E-state index is 12.7. The van der Waals surface area contributed by atoms with Crippen molar-refractivity contribution in [1.29, 1.82) is 0 Å². The molecule has 9 heteroatoms. The first-order chi connectivity index (χ1) is 17.4. The number of aromatic nitrogens is 1. The smallest absolute Gasteiger partial charge is 0.339 e. The van der Waals surface area contributed by atoms with Crippen molar-refractivity contribution in [1.82, 2.24) is 14.8 Å². The van der Waals surface area contributed by atoms with Crippen LogP contribution < -0.4 is 10.2 Å². The number of hydrogen-bond donors (Lipinski definition) is 2. The molecule has 4 rings (SSSR count). The third kappa shape index (κ3) is 6.60. The molecule has 0 atom stereocenters. The van der Waals surface area contributed by atoms with Gasteiger partial charge in [0, 0.05) is 37.8 Å². The van der Waals surface area contributed by atoms with Crippen molar-refractivity contribution < 1.29 is 19.4 Å². The molecule has 0 radical (unpaired) electrons. The van der Waals surface area contributed by atoms with Crippen molar-refractivity contribution in [3.63, 3.8) is 0 Å². The molecular weight excluding hydrogens is 458 g/mol. The summed E-state index contributed by atoms with van der Waals surface area (Å²) in [7, 11) is 2.19. The molecule has 0 unspecified atom stereocenters. The van der Waals surface area contributed by atoms with Gasteiger partial charge in [0.2, 0.25) is 0 Å². The Balaban J connectivity index is 1.32. The molecule has 2 aromatic rings. The van der Waals surface area contributed by atoms with Gasteiger partial charge in [-0.05, 0) is 64.0 Å². The van der Waals surface area contributed by atoms with E-state index in [9.17, 15) is 14.7 Å². The first-order valence-electron chi connectivity index (χ1n) is 12.8. The minimum atomic E-state index is -1.05. The summed E-state index contributed by atoms with van der Waals surface area (Å²) in [6.07, 6.45) is 4.60. The Hall–Kier alpha value is -3.01. The van der Waals surface area contributed by atoms with Gasteiger partial charge in [-0.1, -0.05) is 18.2 Å². The normalized spacial score (nSPS) is 17.4. The van der Waals surface area contributed by atoms with Crippen LogP contribution in [-0.4, -0.2) is 97.3 Å². The summed E-state index contributed by atoms with van der Waals surface area (Å²) in [6.45, 7) is 9.23. The number of piperidine rings is 1. The zero-order chi connectivity index (χ0) is 25.5. The Bertz CT molecular complexity index is 1050. The lowest BCUT2D eigenvalue weighted by atomic mass is 10.0. The summed E-state index contributed by atoms with van der Waals surface area (Å²) in [6, 6.07) is 9.27. The van der Waals surface area contributed by atoms with Gasteiger partial charge in [0.15, 0.2) is 0 Å². The number of benzene rings is 1. The molecule has 2 fully saturated rings. The number of ether oxygens (including phenoxy) is 1. The molecule has 0 bridgehead atoms. The largest absolute Gasteiger partial charge is 0.478 e. The second kappa shape index (κ2) is 12.3. The average Bonchev–Trinajstić information content (AvgIpc) is 2.89. The van der Waals surface area contributed by atoms with Crippen LogP contribution >= 0.6 is 0 Å². The van der Waals surface area contributed by atoms with Crippen molar-refractivity contribution >= 4 is 23.4 Å². The van der Waals surface area contributed by atoms with E-state index in [2.05, 4.69) is 32.0 Å². The highest BCUT2D eigenvalue weighted by Crippen LogP contribution is 2.26. The number of carboxylic acids is 1. The van der Waals surface area contributed by atoms with E-state index < -0.39 is 5.97 Å². The summed E-state index contributed by atoms with van der Waals surface area (Å²) in [5.41, 5.74) is 1.88. The van der Waals surface area contributed by atoms with E-state index in [0.29, 0.717) is 23.1 Å². The molecule has 36 heavy (non-hydrogen) atoms. The van der Waals surface area contributed by atoms with Crippen LogP contribution in [0.25, 0.3) is 0 Å². The Morgan fingerprint density at radius 2 is 1.86 bits per heavy atom. The lowest BCUT2D eigenvalue weighted by Crippen LogP contribution is -2.45. The number of pyridine rings is 1. The molecule has 2 aliphatic rings. The Labute approximate surface area is 213 Å². The molecule has 0 spiro atoms. The lowest BCUT2D eigenvalue weighted by Gasteiger charge is -2.38. The number of rotatable bonds is 9. The fourth-order valence-corrected chi connectivity index (χ4v) is 5.03. The number of hydrogen-bond acceptors (Lipinski definition) is 7. The van der Waals surface area contributed by atoms with E-state index in [1.807, 2.05) is 19.1 Å². The number of amides is 1. The highest BCUT2D eigenvalue weighted by molar-refractivity contribution is 6.06. The zero-order valence-electron chi connectivity index (χ0n) is 21.3. The van der Waals surface area contributed by atoms with Gasteiger partial charge < -0.3 is 25.0 Å². The molecule has 3 heterocycles. The van der Waals surface area contributed by atoms with Gasteiger partial charge >= 0.3 is 5.97 Å². The third-order valence-corrected chi connectivity index (χ3v) is 7.22. The number of carbonyl (C=O) groups excluding carboxylic acids is 1. The maximum Gasteiger partial charge on any atom is 0.339 e. The summed E-state index contributed by atoms with van der Waals surface area (Å²) >= 11 is 0. The Morgan fingerprint density at radius 1 is 1.14 bits per heavy atom. The highest BCUT2D eigenvalue weighted by Gasteiger charge is 2.26. The fraction of sp³-hybridized carbons (Fsp3) is 0.519. The van der Waals surface area contributed by atoms with Gasteiger partial charge in [0.25, 0.3) is 5.91 Å². The number of carbonyl (C=O) groups is 2. The molecule has 2 N–H and O–H groups in total. The fourth-order valence-electron chi connectivity index (χ4n) is 5.03. The number of nitrogens with zero attached hydrogens (tertiary/aromatic N) is 4. The molecular formula is C27H37N5O4. The third-order valence-electron chi connectivity index (χ3n) is 7.22. The number of nitrogens with one attached hydrogen (secondary N) is 1. The van der Waals surface area contributed by atoms with E-state index in [1.54, 1.807) is 18.3 Å². The van der Waals surface area contributed by atoms with E-state index in [1.165, 1.54) is 6.07 Å². The number of anilines is 2. The van der Waals surface area contributed by atoms with E-state index in [-0.39, 0.29) is 11.5 Å². The predicted octanol–water partition coefficient (Wildman–Crippen LogP) is 2.96. The summed E-state index contributed by atoms with van der Waals surface area (Å²) in [5, 5.41) is 12.7. The van der Waals surface area contributed by atoms with Crippen LogP contribution in [0.2, 0.25) is 0 Å². The van der Waals surface area contributed by atoms with Crippen molar-refractivity contribution in [2.75, 3.05) is 69.7 Å². The minimum Gasteiger partial charge on any atom is -0.478 e. The van der Waals surface area contributed by atoms with Crippen LogP contribution in [0.5, 0.6) is 0 Å².